The predicted molar refractivity (Wildman–Crippen MR) is 77.5 cm³/mol. The van der Waals surface area contributed by atoms with Gasteiger partial charge in [-0.3, -0.25) is 4.90 Å². The second kappa shape index (κ2) is 5.90. The van der Waals surface area contributed by atoms with Gasteiger partial charge in [0.1, 0.15) is 18.5 Å². The monoisotopic (exact) mass is 297 g/mol. The normalized spacial score (nSPS) is 26.9. The number of aryl methyl sites for hydroxylation is 1. The molecule has 110 valence electrons. The van der Waals surface area contributed by atoms with Gasteiger partial charge >= 0.3 is 0 Å². The highest BCUT2D eigenvalue weighted by atomic mass is 35.5. The summed E-state index contributed by atoms with van der Waals surface area (Å²) >= 11 is 6.33. The summed E-state index contributed by atoms with van der Waals surface area (Å²) in [6.45, 7) is 5.47. The van der Waals surface area contributed by atoms with E-state index in [0.717, 1.165) is 30.8 Å². The highest BCUT2D eigenvalue weighted by Gasteiger charge is 2.36. The largest absolute Gasteiger partial charge is 0.489 e. The van der Waals surface area contributed by atoms with Gasteiger partial charge in [0.25, 0.3) is 0 Å². The average Bonchev–Trinajstić information content (AvgIpc) is 2.47. The van der Waals surface area contributed by atoms with Crippen LogP contribution in [0.5, 0.6) is 5.75 Å². The van der Waals surface area contributed by atoms with Crippen molar-refractivity contribution in [2.45, 2.75) is 25.5 Å². The molecule has 0 spiro atoms. The molecule has 0 amide bonds. The minimum absolute atomic E-state index is 0.0494. The Kier molecular flexibility index (Phi) is 4.17. The first kappa shape index (κ1) is 14.1. The van der Waals surface area contributed by atoms with Gasteiger partial charge in [-0.2, -0.15) is 0 Å². The first-order valence-electron chi connectivity index (χ1n) is 7.15. The minimum atomic E-state index is -0.524. The first-order valence-corrected chi connectivity index (χ1v) is 7.53. The summed E-state index contributed by atoms with van der Waals surface area (Å²) in [4.78, 5) is 2.27. The number of nitrogens with zero attached hydrogens (tertiary/aromatic N) is 1. The number of rotatable bonds is 2. The van der Waals surface area contributed by atoms with Crippen molar-refractivity contribution in [1.82, 2.24) is 4.90 Å². The molecule has 1 fully saturated rings. The first-order chi connectivity index (χ1) is 9.70. The van der Waals surface area contributed by atoms with Crippen molar-refractivity contribution >= 4 is 11.6 Å². The van der Waals surface area contributed by atoms with Crippen LogP contribution in [0.15, 0.2) is 12.1 Å². The van der Waals surface area contributed by atoms with E-state index in [0.29, 0.717) is 24.8 Å². The third kappa shape index (κ3) is 2.53. The number of hydrogen-bond donors (Lipinski definition) is 1. The number of fused-ring (bicyclic) bond motifs is 1. The average molecular weight is 298 g/mol. The van der Waals surface area contributed by atoms with E-state index in [9.17, 15) is 5.11 Å². The molecular formula is C15H20ClNO3. The summed E-state index contributed by atoms with van der Waals surface area (Å²) in [6.07, 6.45) is 0.391. The van der Waals surface area contributed by atoms with Crippen LogP contribution in [0.4, 0.5) is 0 Å². The summed E-state index contributed by atoms with van der Waals surface area (Å²) in [5.74, 6) is 0.727. The summed E-state index contributed by atoms with van der Waals surface area (Å²) in [6, 6.07) is 4.02. The lowest BCUT2D eigenvalue weighted by Crippen LogP contribution is -2.47. The smallest absolute Gasteiger partial charge is 0.142 e. The second-order valence-electron chi connectivity index (χ2n) is 5.32. The second-order valence-corrected chi connectivity index (χ2v) is 5.73. The number of ether oxygens (including phenoxy) is 2. The molecule has 2 aliphatic rings. The van der Waals surface area contributed by atoms with Crippen molar-refractivity contribution < 1.29 is 14.6 Å². The van der Waals surface area contributed by atoms with E-state index in [-0.39, 0.29) is 6.04 Å². The van der Waals surface area contributed by atoms with Gasteiger partial charge in [0.05, 0.1) is 24.3 Å². The minimum Gasteiger partial charge on any atom is -0.489 e. The fourth-order valence-corrected chi connectivity index (χ4v) is 3.32. The Morgan fingerprint density at radius 2 is 2.10 bits per heavy atom. The predicted octanol–water partition coefficient (Wildman–Crippen LogP) is 2.03. The molecule has 3 rings (SSSR count). The van der Waals surface area contributed by atoms with E-state index < -0.39 is 6.10 Å². The van der Waals surface area contributed by atoms with Crippen LogP contribution < -0.4 is 4.74 Å². The Morgan fingerprint density at radius 1 is 1.35 bits per heavy atom. The summed E-state index contributed by atoms with van der Waals surface area (Å²) in [5, 5.41) is 11.0. The molecule has 0 radical (unpaired) electrons. The summed E-state index contributed by atoms with van der Waals surface area (Å²) < 4.78 is 11.0. The summed E-state index contributed by atoms with van der Waals surface area (Å²) in [7, 11) is 0. The number of benzene rings is 1. The van der Waals surface area contributed by atoms with Gasteiger partial charge in [-0.05, 0) is 18.1 Å². The maximum atomic E-state index is 10.4. The van der Waals surface area contributed by atoms with Gasteiger partial charge in [-0.15, -0.1) is 0 Å². The molecule has 2 atom stereocenters. The van der Waals surface area contributed by atoms with Crippen LogP contribution in [-0.2, 0) is 11.2 Å². The van der Waals surface area contributed by atoms with E-state index in [2.05, 4.69) is 17.9 Å². The molecule has 4 nitrogen and oxygen atoms in total. The fraction of sp³-hybridized carbons (Fsp3) is 0.600. The Bertz CT molecular complexity index is 488. The third-order valence-electron chi connectivity index (χ3n) is 4.06. The van der Waals surface area contributed by atoms with Gasteiger partial charge in [0, 0.05) is 18.7 Å². The number of aliphatic hydroxyl groups excluding tert-OH is 1. The van der Waals surface area contributed by atoms with E-state index in [1.165, 1.54) is 5.56 Å². The van der Waals surface area contributed by atoms with Crippen molar-refractivity contribution in [3.63, 3.8) is 0 Å². The maximum Gasteiger partial charge on any atom is 0.142 e. The highest BCUT2D eigenvalue weighted by molar-refractivity contribution is 6.32. The molecule has 0 saturated carbocycles. The Labute approximate surface area is 124 Å². The van der Waals surface area contributed by atoms with Crippen molar-refractivity contribution in [3.8, 4) is 5.75 Å². The maximum absolute atomic E-state index is 10.4. The van der Waals surface area contributed by atoms with Gasteiger partial charge < -0.3 is 14.6 Å². The number of hydrogen-bond acceptors (Lipinski definition) is 4. The van der Waals surface area contributed by atoms with Crippen molar-refractivity contribution in [3.05, 3.63) is 28.3 Å². The van der Waals surface area contributed by atoms with Crippen LogP contribution >= 0.6 is 11.6 Å². The summed E-state index contributed by atoms with van der Waals surface area (Å²) in [5.41, 5.74) is 2.18. The molecule has 0 aromatic heterocycles. The van der Waals surface area contributed by atoms with Crippen LogP contribution in [0, 0.1) is 0 Å². The topological polar surface area (TPSA) is 41.9 Å². The zero-order valence-corrected chi connectivity index (χ0v) is 12.4. The van der Waals surface area contributed by atoms with Crippen LogP contribution in [0.1, 0.15) is 24.1 Å². The lowest BCUT2D eigenvalue weighted by molar-refractivity contribution is -0.0443. The standard InChI is InChI=1S/C15H20ClNO3/c1-2-10-7-11-14(17-3-5-19-6-4-17)13(18)9-20-15(11)12(16)8-10/h7-8,13-14,18H,2-6,9H2,1H3. The molecular weight excluding hydrogens is 278 g/mol. The lowest BCUT2D eigenvalue weighted by Gasteiger charge is -2.40. The van der Waals surface area contributed by atoms with E-state index >= 15 is 0 Å². The zero-order valence-electron chi connectivity index (χ0n) is 11.6. The van der Waals surface area contributed by atoms with Crippen LogP contribution in [0.2, 0.25) is 5.02 Å². The third-order valence-corrected chi connectivity index (χ3v) is 4.34. The number of morpholine rings is 1. The van der Waals surface area contributed by atoms with E-state index in [4.69, 9.17) is 21.1 Å². The Morgan fingerprint density at radius 3 is 2.80 bits per heavy atom. The van der Waals surface area contributed by atoms with E-state index in [1.807, 2.05) is 6.07 Å². The zero-order chi connectivity index (χ0) is 14.1. The van der Waals surface area contributed by atoms with Crippen molar-refractivity contribution in [2.75, 3.05) is 32.9 Å². The molecule has 5 heteroatoms. The molecule has 2 aliphatic heterocycles. The van der Waals surface area contributed by atoms with Crippen LogP contribution in [-0.4, -0.2) is 49.0 Å². The SMILES string of the molecule is CCc1cc(Cl)c2c(c1)C(N1CCOCC1)C(O)CO2. The van der Waals surface area contributed by atoms with Gasteiger partial charge in [0.2, 0.25) is 0 Å². The van der Waals surface area contributed by atoms with Crippen LogP contribution in [0.3, 0.4) is 0 Å². The highest BCUT2D eigenvalue weighted by Crippen LogP contribution is 2.41. The van der Waals surface area contributed by atoms with Gasteiger partial charge in [-0.1, -0.05) is 24.6 Å². The quantitative estimate of drug-likeness (QED) is 0.907. The fourth-order valence-electron chi connectivity index (χ4n) is 3.01. The Hall–Kier alpha value is -0.810. The molecule has 0 aliphatic carbocycles. The van der Waals surface area contributed by atoms with Gasteiger partial charge in [0.15, 0.2) is 0 Å². The lowest BCUT2D eigenvalue weighted by atomic mass is 9.94. The number of aliphatic hydroxyl groups is 1. The molecule has 0 bridgehead atoms. The van der Waals surface area contributed by atoms with Gasteiger partial charge in [-0.25, -0.2) is 0 Å². The Balaban J connectivity index is 2.00. The van der Waals surface area contributed by atoms with Crippen LogP contribution in [0.25, 0.3) is 0 Å². The molecule has 1 saturated heterocycles. The van der Waals surface area contributed by atoms with E-state index in [1.54, 1.807) is 0 Å². The van der Waals surface area contributed by atoms with Crippen molar-refractivity contribution in [1.29, 1.82) is 0 Å². The molecule has 1 aromatic rings. The molecule has 1 aromatic carbocycles. The molecule has 20 heavy (non-hydrogen) atoms. The molecule has 2 unspecified atom stereocenters. The molecule has 2 heterocycles. The van der Waals surface area contributed by atoms with Crippen molar-refractivity contribution in [2.24, 2.45) is 0 Å². The number of halogens is 1. The molecule has 1 N–H and O–H groups in total.